The summed E-state index contributed by atoms with van der Waals surface area (Å²) >= 11 is 0. The maximum Gasteiger partial charge on any atom is 0.416 e. The Morgan fingerprint density at radius 3 is 2.49 bits per heavy atom. The van der Waals surface area contributed by atoms with Gasteiger partial charge in [-0.15, -0.1) is 0 Å². The van der Waals surface area contributed by atoms with Gasteiger partial charge in [0.2, 0.25) is 5.91 Å². The molecule has 1 aliphatic heterocycles. The number of hydrogen-bond donors (Lipinski definition) is 0. The van der Waals surface area contributed by atoms with Gasteiger partial charge in [0, 0.05) is 50.9 Å². The number of halogens is 3. The maximum absolute atomic E-state index is 13.5. The highest BCUT2D eigenvalue weighted by Gasteiger charge is 2.33. The van der Waals surface area contributed by atoms with E-state index >= 15 is 0 Å². The fourth-order valence-electron chi connectivity index (χ4n) is 4.41. The Morgan fingerprint density at radius 1 is 1.09 bits per heavy atom. The molecule has 0 saturated carbocycles. The molecule has 1 aliphatic rings. The number of nitrogens with zero attached hydrogens (tertiary/aromatic N) is 4. The zero-order valence-electron chi connectivity index (χ0n) is 19.6. The van der Waals surface area contributed by atoms with Crippen LogP contribution in [-0.4, -0.2) is 64.0 Å². The van der Waals surface area contributed by atoms with Gasteiger partial charge in [0.1, 0.15) is 5.65 Å². The Labute approximate surface area is 201 Å². The van der Waals surface area contributed by atoms with Gasteiger partial charge in [-0.25, -0.2) is 9.78 Å². The number of fused-ring (bicyclic) bond motifs is 1. The van der Waals surface area contributed by atoms with Crippen molar-refractivity contribution >= 4 is 17.6 Å². The third kappa shape index (κ3) is 5.26. The lowest BCUT2D eigenvalue weighted by Crippen LogP contribution is -2.51. The number of hydrogen-bond acceptors (Lipinski definition) is 4. The van der Waals surface area contributed by atoms with Crippen LogP contribution < -0.4 is 0 Å². The van der Waals surface area contributed by atoms with Gasteiger partial charge in [0.05, 0.1) is 17.9 Å². The van der Waals surface area contributed by atoms with Gasteiger partial charge in [-0.05, 0) is 37.1 Å². The van der Waals surface area contributed by atoms with E-state index in [1.54, 1.807) is 35.2 Å². The third-order valence-electron chi connectivity index (χ3n) is 6.27. The molecule has 1 fully saturated rings. The summed E-state index contributed by atoms with van der Waals surface area (Å²) in [5.41, 5.74) is 1.88. The number of imidazole rings is 1. The van der Waals surface area contributed by atoms with Gasteiger partial charge in [0.25, 0.3) is 0 Å². The average Bonchev–Trinajstić information content (AvgIpc) is 3.27. The van der Waals surface area contributed by atoms with Crippen molar-refractivity contribution in [3.05, 3.63) is 71.2 Å². The number of carbonyl (C=O) groups is 2. The second-order valence-electron chi connectivity index (χ2n) is 8.51. The highest BCUT2D eigenvalue weighted by atomic mass is 19.4. The van der Waals surface area contributed by atoms with E-state index in [1.807, 2.05) is 23.5 Å². The first kappa shape index (κ1) is 24.6. The molecule has 1 aromatic carbocycles. The predicted molar refractivity (Wildman–Crippen MR) is 123 cm³/mol. The molecule has 3 aromatic rings. The molecule has 0 spiro atoms. The first-order valence-corrected chi connectivity index (χ1v) is 11.5. The van der Waals surface area contributed by atoms with Crippen molar-refractivity contribution in [3.63, 3.8) is 0 Å². The number of piperazine rings is 1. The monoisotopic (exact) mass is 488 g/mol. The van der Waals surface area contributed by atoms with E-state index in [1.165, 1.54) is 6.07 Å². The SMILES string of the molecule is CCOC(=O)N1CCN(C(=O)CC(c2cccc(C(F)(F)F)c2)c2cnc3c(C)cccn23)CC1. The topological polar surface area (TPSA) is 67.2 Å². The van der Waals surface area contributed by atoms with Crippen LogP contribution in [0.15, 0.2) is 48.8 Å². The highest BCUT2D eigenvalue weighted by molar-refractivity contribution is 5.78. The summed E-state index contributed by atoms with van der Waals surface area (Å²) < 4.78 is 47.2. The van der Waals surface area contributed by atoms with Crippen LogP contribution >= 0.6 is 0 Å². The number of rotatable bonds is 5. The van der Waals surface area contributed by atoms with E-state index in [2.05, 4.69) is 4.98 Å². The summed E-state index contributed by atoms with van der Waals surface area (Å²) in [6.07, 6.45) is -1.51. The average molecular weight is 489 g/mol. The fraction of sp³-hybridized carbons (Fsp3) is 0.400. The van der Waals surface area contributed by atoms with Crippen molar-refractivity contribution in [2.24, 2.45) is 0 Å². The molecule has 7 nitrogen and oxygen atoms in total. The van der Waals surface area contributed by atoms with E-state index in [0.717, 1.165) is 17.7 Å². The Balaban J connectivity index is 1.63. The molecule has 0 N–H and O–H groups in total. The van der Waals surface area contributed by atoms with Gasteiger partial charge < -0.3 is 18.9 Å². The standard InChI is InChI=1S/C25H27F3N4O3/c1-3-35-24(34)31-12-10-30(11-13-31)22(33)15-20(18-7-4-8-19(14-18)25(26,27)28)21-16-29-23-17(2)6-5-9-32(21)23/h4-9,14,16,20H,3,10-13,15H2,1-2H3. The largest absolute Gasteiger partial charge is 0.450 e. The van der Waals surface area contributed by atoms with Crippen molar-refractivity contribution in [3.8, 4) is 0 Å². The Kier molecular flexibility index (Phi) is 7.00. The molecule has 1 saturated heterocycles. The lowest BCUT2D eigenvalue weighted by molar-refractivity contribution is -0.137. The summed E-state index contributed by atoms with van der Waals surface area (Å²) in [5.74, 6) is -0.830. The molecule has 2 amide bonds. The number of alkyl halides is 3. The van der Waals surface area contributed by atoms with E-state index in [0.29, 0.717) is 43.1 Å². The number of pyridine rings is 1. The van der Waals surface area contributed by atoms with Crippen LogP contribution in [0.5, 0.6) is 0 Å². The van der Waals surface area contributed by atoms with Gasteiger partial charge in [-0.2, -0.15) is 13.2 Å². The Bertz CT molecular complexity index is 1220. The maximum atomic E-state index is 13.5. The second kappa shape index (κ2) is 9.97. The van der Waals surface area contributed by atoms with E-state index < -0.39 is 23.8 Å². The normalized spacial score (nSPS) is 15.3. The highest BCUT2D eigenvalue weighted by Crippen LogP contribution is 2.35. The van der Waals surface area contributed by atoms with Crippen molar-refractivity contribution in [2.45, 2.75) is 32.4 Å². The summed E-state index contributed by atoms with van der Waals surface area (Å²) in [6.45, 7) is 5.25. The van der Waals surface area contributed by atoms with Gasteiger partial charge in [-0.3, -0.25) is 4.79 Å². The van der Waals surface area contributed by atoms with Crippen LogP contribution in [0.1, 0.15) is 41.6 Å². The number of carbonyl (C=O) groups excluding carboxylic acids is 2. The predicted octanol–water partition coefficient (Wildman–Crippen LogP) is 4.48. The third-order valence-corrected chi connectivity index (χ3v) is 6.27. The number of aromatic nitrogens is 2. The first-order valence-electron chi connectivity index (χ1n) is 11.5. The summed E-state index contributed by atoms with van der Waals surface area (Å²) in [6, 6.07) is 8.84. The number of aryl methyl sites for hydroxylation is 1. The van der Waals surface area contributed by atoms with Crippen LogP contribution in [-0.2, 0) is 15.7 Å². The smallest absolute Gasteiger partial charge is 0.416 e. The fourth-order valence-corrected chi connectivity index (χ4v) is 4.41. The van der Waals surface area contributed by atoms with Crippen LogP contribution in [0.2, 0.25) is 0 Å². The van der Waals surface area contributed by atoms with Gasteiger partial charge in [-0.1, -0.05) is 24.3 Å². The summed E-state index contributed by atoms with van der Waals surface area (Å²) in [5, 5.41) is 0. The van der Waals surface area contributed by atoms with Crippen LogP contribution in [0.4, 0.5) is 18.0 Å². The molecule has 1 atom stereocenters. The molecule has 0 radical (unpaired) electrons. The Hall–Kier alpha value is -3.56. The van der Waals surface area contributed by atoms with Crippen molar-refractivity contribution in [1.29, 1.82) is 0 Å². The quantitative estimate of drug-likeness (QED) is 0.531. The summed E-state index contributed by atoms with van der Waals surface area (Å²) in [7, 11) is 0. The zero-order chi connectivity index (χ0) is 25.2. The molecule has 3 heterocycles. The van der Waals surface area contributed by atoms with E-state index in [9.17, 15) is 22.8 Å². The van der Waals surface area contributed by atoms with E-state index in [-0.39, 0.29) is 18.9 Å². The molecule has 4 rings (SSSR count). The van der Waals surface area contributed by atoms with Gasteiger partial charge >= 0.3 is 12.3 Å². The molecule has 186 valence electrons. The lowest BCUT2D eigenvalue weighted by Gasteiger charge is -2.34. The summed E-state index contributed by atoms with van der Waals surface area (Å²) in [4.78, 5) is 32.9. The van der Waals surface area contributed by atoms with Crippen molar-refractivity contribution in [2.75, 3.05) is 32.8 Å². The molecule has 10 heteroatoms. The minimum Gasteiger partial charge on any atom is -0.450 e. The van der Waals surface area contributed by atoms with E-state index in [4.69, 9.17) is 4.74 Å². The molecule has 0 bridgehead atoms. The van der Waals surface area contributed by atoms with Crippen LogP contribution in [0, 0.1) is 6.92 Å². The van der Waals surface area contributed by atoms with Crippen LogP contribution in [0.25, 0.3) is 5.65 Å². The van der Waals surface area contributed by atoms with Gasteiger partial charge in [0.15, 0.2) is 0 Å². The zero-order valence-corrected chi connectivity index (χ0v) is 19.6. The second-order valence-corrected chi connectivity index (χ2v) is 8.51. The molecule has 0 aliphatic carbocycles. The van der Waals surface area contributed by atoms with Crippen molar-refractivity contribution < 1.29 is 27.5 Å². The van der Waals surface area contributed by atoms with Crippen LogP contribution in [0.3, 0.4) is 0 Å². The molecular formula is C25H27F3N4O3. The number of ether oxygens (including phenoxy) is 1. The molecule has 35 heavy (non-hydrogen) atoms. The number of benzene rings is 1. The minimum absolute atomic E-state index is 0.0253. The minimum atomic E-state index is -4.50. The first-order chi connectivity index (χ1) is 16.7. The lowest BCUT2D eigenvalue weighted by atomic mass is 9.90. The van der Waals surface area contributed by atoms with Crippen molar-refractivity contribution in [1.82, 2.24) is 19.2 Å². The number of amides is 2. The Morgan fingerprint density at radius 2 is 1.80 bits per heavy atom. The molecule has 2 aromatic heterocycles. The molecule has 1 unspecified atom stereocenters. The molecular weight excluding hydrogens is 461 g/mol.